The van der Waals surface area contributed by atoms with Gasteiger partial charge in [-0.25, -0.2) is 4.98 Å². The molecule has 1 fully saturated rings. The van der Waals surface area contributed by atoms with Crippen molar-refractivity contribution in [1.29, 1.82) is 0 Å². The molecule has 1 aliphatic heterocycles. The molecule has 2 aliphatic rings. The molecule has 1 aliphatic carbocycles. The zero-order valence-electron chi connectivity index (χ0n) is 17.4. The average molecular weight is 398 g/mol. The van der Waals surface area contributed by atoms with Gasteiger partial charge >= 0.3 is 0 Å². The number of hydrogen-bond acceptors (Lipinski definition) is 2. The van der Waals surface area contributed by atoms with Crippen LogP contribution in [0.25, 0.3) is 16.6 Å². The maximum Gasteiger partial charge on any atom is 0.254 e. The van der Waals surface area contributed by atoms with Gasteiger partial charge in [0.1, 0.15) is 0 Å². The summed E-state index contributed by atoms with van der Waals surface area (Å²) in [6, 6.07) is 12.9. The number of nitrogens with one attached hydrogen (secondary N) is 1. The lowest BCUT2D eigenvalue weighted by Gasteiger charge is -2.45. The van der Waals surface area contributed by atoms with Crippen molar-refractivity contribution in [2.45, 2.75) is 44.6 Å². The van der Waals surface area contributed by atoms with Gasteiger partial charge in [-0.1, -0.05) is 36.9 Å². The van der Waals surface area contributed by atoms with Crippen LogP contribution in [-0.4, -0.2) is 33.4 Å². The highest BCUT2D eigenvalue weighted by atomic mass is 16.2. The van der Waals surface area contributed by atoms with Crippen LogP contribution >= 0.6 is 0 Å². The van der Waals surface area contributed by atoms with Crippen molar-refractivity contribution in [1.82, 2.24) is 14.9 Å². The monoisotopic (exact) mass is 397 g/mol. The van der Waals surface area contributed by atoms with Crippen LogP contribution in [0.5, 0.6) is 0 Å². The van der Waals surface area contributed by atoms with E-state index in [1.165, 1.54) is 22.3 Å². The van der Waals surface area contributed by atoms with Crippen LogP contribution in [0, 0.1) is 0 Å². The molecule has 5 rings (SSSR count). The Kier molecular flexibility index (Phi) is 4.78. The SMILES string of the molecule is C=CC=C(C)c1ccc2c(c1)CCC1C2CCCN1C(=O)c1ccc2nc[nH]c2c1. The Hall–Kier alpha value is -3.14. The summed E-state index contributed by atoms with van der Waals surface area (Å²) in [7, 11) is 0. The molecular formula is C26H27N3O. The first-order valence-corrected chi connectivity index (χ1v) is 10.8. The number of hydrogen-bond donors (Lipinski definition) is 1. The normalized spacial score (nSPS) is 21.2. The van der Waals surface area contributed by atoms with Gasteiger partial charge in [-0.2, -0.15) is 0 Å². The van der Waals surface area contributed by atoms with Gasteiger partial charge in [0.05, 0.1) is 17.4 Å². The van der Waals surface area contributed by atoms with Gasteiger partial charge in [0.2, 0.25) is 0 Å². The van der Waals surface area contributed by atoms with Crippen LogP contribution in [0.15, 0.2) is 61.5 Å². The standard InChI is InChI=1S/C26H27N3O/c1-3-5-17(2)18-7-10-21-19(14-18)9-12-25-22(21)6-4-13-29(25)26(30)20-8-11-23-24(15-20)28-16-27-23/h3,5,7-8,10-11,14-16,22,25H,1,4,6,9,12-13H2,2H3,(H,27,28). The van der Waals surface area contributed by atoms with Crippen molar-refractivity contribution in [2.75, 3.05) is 6.54 Å². The Morgan fingerprint density at radius 2 is 2.07 bits per heavy atom. The largest absolute Gasteiger partial charge is 0.345 e. The number of aromatic nitrogens is 2. The number of H-pyrrole nitrogens is 1. The second-order valence-corrected chi connectivity index (χ2v) is 8.49. The molecule has 2 aromatic carbocycles. The molecular weight excluding hydrogens is 370 g/mol. The summed E-state index contributed by atoms with van der Waals surface area (Å²) >= 11 is 0. The van der Waals surface area contributed by atoms with Crippen LogP contribution in [0.3, 0.4) is 0 Å². The third-order valence-electron chi connectivity index (χ3n) is 6.78. The first kappa shape index (κ1) is 18.9. The first-order valence-electron chi connectivity index (χ1n) is 10.8. The quantitative estimate of drug-likeness (QED) is 0.594. The predicted octanol–water partition coefficient (Wildman–Crippen LogP) is 5.49. The topological polar surface area (TPSA) is 49.0 Å². The molecule has 1 N–H and O–H groups in total. The van der Waals surface area contributed by atoms with E-state index in [9.17, 15) is 4.79 Å². The Morgan fingerprint density at radius 1 is 1.20 bits per heavy atom. The molecule has 152 valence electrons. The van der Waals surface area contributed by atoms with Crippen LogP contribution in [0.2, 0.25) is 0 Å². The number of allylic oxidation sites excluding steroid dienone is 3. The van der Waals surface area contributed by atoms with Crippen molar-refractivity contribution in [3.05, 3.63) is 83.7 Å². The minimum absolute atomic E-state index is 0.144. The van der Waals surface area contributed by atoms with Crippen molar-refractivity contribution in [2.24, 2.45) is 0 Å². The van der Waals surface area contributed by atoms with Gasteiger partial charge in [-0.05, 0) is 73.1 Å². The first-order chi connectivity index (χ1) is 14.7. The molecule has 1 amide bonds. The lowest BCUT2D eigenvalue weighted by Crippen LogP contribution is -2.49. The van der Waals surface area contributed by atoms with Crippen molar-refractivity contribution in [3.63, 3.8) is 0 Å². The number of likely N-dealkylation sites (tertiary alicyclic amines) is 1. The molecule has 0 radical (unpaired) electrons. The Labute approximate surface area is 177 Å². The molecule has 0 saturated carbocycles. The predicted molar refractivity (Wildman–Crippen MR) is 122 cm³/mol. The number of aromatic amines is 1. The third-order valence-corrected chi connectivity index (χ3v) is 6.78. The lowest BCUT2D eigenvalue weighted by atomic mass is 9.73. The van der Waals surface area contributed by atoms with E-state index in [-0.39, 0.29) is 11.9 Å². The number of carbonyl (C=O) groups is 1. The van der Waals surface area contributed by atoms with E-state index in [1.807, 2.05) is 24.3 Å². The fourth-order valence-corrected chi connectivity index (χ4v) is 5.27. The summed E-state index contributed by atoms with van der Waals surface area (Å²) in [6.07, 6.45) is 9.84. The van der Waals surface area contributed by atoms with Gasteiger partial charge in [0, 0.05) is 24.1 Å². The maximum absolute atomic E-state index is 13.4. The Bertz CT molecular complexity index is 1160. The smallest absolute Gasteiger partial charge is 0.254 e. The molecule has 0 bridgehead atoms. The van der Waals surface area contributed by atoms with E-state index in [0.29, 0.717) is 5.92 Å². The number of imidazole rings is 1. The molecule has 4 nitrogen and oxygen atoms in total. The summed E-state index contributed by atoms with van der Waals surface area (Å²) in [4.78, 5) is 22.9. The van der Waals surface area contributed by atoms with E-state index in [4.69, 9.17) is 0 Å². The molecule has 2 atom stereocenters. The number of piperidine rings is 1. The van der Waals surface area contributed by atoms with E-state index in [0.717, 1.165) is 48.8 Å². The number of nitrogens with zero attached hydrogens (tertiary/aromatic N) is 2. The molecule has 1 saturated heterocycles. The summed E-state index contributed by atoms with van der Waals surface area (Å²) in [5.74, 6) is 0.575. The molecule has 0 spiro atoms. The minimum atomic E-state index is 0.144. The van der Waals surface area contributed by atoms with Crippen molar-refractivity contribution in [3.8, 4) is 0 Å². The Balaban J connectivity index is 1.44. The molecule has 2 unspecified atom stereocenters. The number of amides is 1. The van der Waals surface area contributed by atoms with E-state index in [1.54, 1.807) is 6.33 Å². The number of rotatable bonds is 3. The molecule has 1 aromatic heterocycles. The maximum atomic E-state index is 13.4. The number of carbonyl (C=O) groups excluding carboxylic acids is 1. The van der Waals surface area contributed by atoms with Gasteiger partial charge in [-0.15, -0.1) is 0 Å². The van der Waals surface area contributed by atoms with E-state index < -0.39 is 0 Å². The fourth-order valence-electron chi connectivity index (χ4n) is 5.27. The highest BCUT2D eigenvalue weighted by Crippen LogP contribution is 2.42. The van der Waals surface area contributed by atoms with Gasteiger partial charge in [-0.3, -0.25) is 4.79 Å². The fraction of sp³-hybridized carbons (Fsp3) is 0.308. The van der Waals surface area contributed by atoms with E-state index >= 15 is 0 Å². The van der Waals surface area contributed by atoms with Crippen molar-refractivity contribution < 1.29 is 4.79 Å². The third kappa shape index (κ3) is 3.17. The highest BCUT2D eigenvalue weighted by Gasteiger charge is 2.38. The summed E-state index contributed by atoms with van der Waals surface area (Å²) in [6.45, 7) is 6.79. The summed E-state index contributed by atoms with van der Waals surface area (Å²) in [5, 5.41) is 0. The number of aryl methyl sites for hydroxylation is 1. The number of fused-ring (bicyclic) bond motifs is 4. The van der Waals surface area contributed by atoms with Crippen molar-refractivity contribution >= 4 is 22.5 Å². The van der Waals surface area contributed by atoms with Crippen LogP contribution in [0.1, 0.15) is 59.2 Å². The summed E-state index contributed by atoms with van der Waals surface area (Å²) < 4.78 is 0. The zero-order chi connectivity index (χ0) is 20.7. The highest BCUT2D eigenvalue weighted by molar-refractivity contribution is 5.97. The molecule has 30 heavy (non-hydrogen) atoms. The molecule has 3 aromatic rings. The van der Waals surface area contributed by atoms with Crippen LogP contribution in [-0.2, 0) is 6.42 Å². The average Bonchev–Trinajstić information content (AvgIpc) is 3.25. The van der Waals surface area contributed by atoms with Gasteiger partial charge in [0.25, 0.3) is 5.91 Å². The summed E-state index contributed by atoms with van der Waals surface area (Å²) in [5.41, 5.74) is 7.94. The lowest BCUT2D eigenvalue weighted by molar-refractivity contribution is 0.0547. The molecule has 2 heterocycles. The number of benzene rings is 2. The second-order valence-electron chi connectivity index (χ2n) is 8.49. The van der Waals surface area contributed by atoms with Crippen LogP contribution in [0.4, 0.5) is 0 Å². The second kappa shape index (κ2) is 7.60. The Morgan fingerprint density at radius 3 is 2.93 bits per heavy atom. The van der Waals surface area contributed by atoms with Crippen LogP contribution < -0.4 is 0 Å². The van der Waals surface area contributed by atoms with Gasteiger partial charge < -0.3 is 9.88 Å². The van der Waals surface area contributed by atoms with E-state index in [2.05, 4.69) is 52.6 Å². The minimum Gasteiger partial charge on any atom is -0.345 e. The molecule has 4 heteroatoms. The zero-order valence-corrected chi connectivity index (χ0v) is 17.4. The van der Waals surface area contributed by atoms with Gasteiger partial charge in [0.15, 0.2) is 0 Å².